The summed E-state index contributed by atoms with van der Waals surface area (Å²) in [5.41, 5.74) is 11.8. The predicted octanol–water partition coefficient (Wildman–Crippen LogP) is 1.73. The van der Waals surface area contributed by atoms with Gasteiger partial charge in [0.25, 0.3) is 5.91 Å². The molecule has 8 nitrogen and oxygen atoms in total. The highest BCUT2D eigenvalue weighted by molar-refractivity contribution is 7.20. The van der Waals surface area contributed by atoms with Gasteiger partial charge in [0.2, 0.25) is 5.78 Å². The van der Waals surface area contributed by atoms with Gasteiger partial charge in [-0.2, -0.15) is 0 Å². The molecule has 2 heterocycles. The second-order valence-electron chi connectivity index (χ2n) is 6.07. The fourth-order valence-corrected chi connectivity index (χ4v) is 3.60. The third kappa shape index (κ3) is 4.89. The average Bonchev–Trinajstić information content (AvgIpc) is 3.14. The zero-order valence-corrected chi connectivity index (χ0v) is 15.9. The van der Waals surface area contributed by atoms with Gasteiger partial charge in [0.1, 0.15) is 0 Å². The summed E-state index contributed by atoms with van der Waals surface area (Å²) >= 11 is 1.31. The van der Waals surface area contributed by atoms with E-state index in [0.717, 1.165) is 10.2 Å². The van der Waals surface area contributed by atoms with Gasteiger partial charge in [0, 0.05) is 18.9 Å². The van der Waals surface area contributed by atoms with Crippen LogP contribution in [0.4, 0.5) is 0 Å². The number of hydrogen-bond acceptors (Lipinski definition) is 6. The van der Waals surface area contributed by atoms with Crippen molar-refractivity contribution in [3.05, 3.63) is 59.4 Å². The van der Waals surface area contributed by atoms with Crippen molar-refractivity contribution in [1.29, 1.82) is 0 Å². The molecule has 1 atom stereocenters. The molecule has 0 aliphatic carbocycles. The van der Waals surface area contributed by atoms with Gasteiger partial charge in [-0.05, 0) is 37.1 Å². The number of carbonyl (C=O) groups excluding carboxylic acids is 2. The van der Waals surface area contributed by atoms with Crippen LogP contribution in [0.1, 0.15) is 33.0 Å². The Morgan fingerprint density at radius 3 is 2.71 bits per heavy atom. The Bertz CT molecular complexity index is 965. The number of hydrogen-bond donors (Lipinski definition) is 3. The predicted molar refractivity (Wildman–Crippen MR) is 109 cm³/mol. The number of amides is 1. The number of fused-ring (bicyclic) bond motifs is 1. The lowest BCUT2D eigenvalue weighted by molar-refractivity contribution is 0.0851. The molecule has 0 saturated heterocycles. The molecule has 0 aliphatic heterocycles. The second-order valence-corrected chi connectivity index (χ2v) is 7.10. The molecule has 144 valence electrons. The van der Waals surface area contributed by atoms with Crippen LogP contribution in [0.3, 0.4) is 0 Å². The number of aliphatic imine (C=N–C) groups is 1. The molecule has 28 heavy (non-hydrogen) atoms. The number of rotatable bonds is 8. The molecule has 0 fully saturated rings. The van der Waals surface area contributed by atoms with Crippen LogP contribution in [-0.4, -0.2) is 40.2 Å². The smallest absolute Gasteiger partial charge is 0.253 e. The van der Waals surface area contributed by atoms with Crippen LogP contribution < -0.4 is 16.8 Å². The summed E-state index contributed by atoms with van der Waals surface area (Å²) in [6.07, 6.45) is 3.95. The van der Waals surface area contributed by atoms with Gasteiger partial charge in [-0.1, -0.05) is 12.1 Å². The minimum Gasteiger partial charge on any atom is -0.370 e. The zero-order chi connectivity index (χ0) is 19.9. The number of guanidine groups is 1. The maximum Gasteiger partial charge on any atom is 0.253 e. The largest absolute Gasteiger partial charge is 0.370 e. The minimum atomic E-state index is -0.734. The summed E-state index contributed by atoms with van der Waals surface area (Å²) in [5, 5.41) is 3.15. The van der Waals surface area contributed by atoms with Crippen molar-refractivity contribution in [3.63, 3.8) is 0 Å². The highest BCUT2D eigenvalue weighted by Gasteiger charge is 2.25. The molecule has 0 radical (unpaired) electrons. The first-order chi connectivity index (χ1) is 13.5. The first-order valence-corrected chi connectivity index (χ1v) is 9.52. The van der Waals surface area contributed by atoms with E-state index in [1.165, 1.54) is 17.5 Å². The van der Waals surface area contributed by atoms with Gasteiger partial charge in [-0.25, -0.2) is 4.98 Å². The number of Topliss-reactive ketones (excluding diaryl/α,β-unsaturated/α-hetero) is 1. The third-order valence-corrected chi connectivity index (χ3v) is 5.05. The lowest BCUT2D eigenvalue weighted by Gasteiger charge is -2.16. The van der Waals surface area contributed by atoms with Gasteiger partial charge in [0.05, 0.1) is 21.8 Å². The molecule has 9 heteroatoms. The number of nitrogens with zero attached hydrogens (tertiary/aromatic N) is 3. The van der Waals surface area contributed by atoms with Crippen LogP contribution in [-0.2, 0) is 0 Å². The molecule has 0 bridgehead atoms. The Balaban J connectivity index is 1.78. The molecule has 0 spiro atoms. The number of pyridine rings is 1. The summed E-state index contributed by atoms with van der Waals surface area (Å²) in [7, 11) is 0. The third-order valence-electron chi connectivity index (χ3n) is 4.00. The Morgan fingerprint density at radius 2 is 2.00 bits per heavy atom. The number of ketones is 1. The van der Waals surface area contributed by atoms with Crippen molar-refractivity contribution in [1.82, 2.24) is 15.3 Å². The number of nitrogens with two attached hydrogens (primary N) is 2. The van der Waals surface area contributed by atoms with Crippen molar-refractivity contribution in [2.75, 3.05) is 6.54 Å². The number of para-hydroxylation sites is 1. The van der Waals surface area contributed by atoms with Crippen LogP contribution in [0.5, 0.6) is 0 Å². The van der Waals surface area contributed by atoms with E-state index in [2.05, 4.69) is 20.3 Å². The second kappa shape index (κ2) is 9.05. The molecule has 1 amide bonds. The quantitative estimate of drug-likeness (QED) is 0.229. The first-order valence-electron chi connectivity index (χ1n) is 8.70. The van der Waals surface area contributed by atoms with Crippen molar-refractivity contribution in [3.8, 4) is 0 Å². The first kappa shape index (κ1) is 19.4. The van der Waals surface area contributed by atoms with Crippen LogP contribution in [0, 0.1) is 0 Å². The highest BCUT2D eigenvalue weighted by atomic mass is 32.1. The van der Waals surface area contributed by atoms with Crippen molar-refractivity contribution >= 4 is 39.2 Å². The van der Waals surface area contributed by atoms with Gasteiger partial charge < -0.3 is 16.8 Å². The number of benzene rings is 1. The maximum atomic E-state index is 13.0. The lowest BCUT2D eigenvalue weighted by Crippen LogP contribution is -2.41. The van der Waals surface area contributed by atoms with E-state index in [1.807, 2.05) is 24.3 Å². The molecule has 1 unspecified atom stereocenters. The molecular weight excluding hydrogens is 376 g/mol. The molecule has 3 aromatic rings. The molecular formula is C19H20N6O2S. The molecule has 0 aliphatic rings. The molecule has 1 aromatic carbocycles. The summed E-state index contributed by atoms with van der Waals surface area (Å²) in [5.74, 6) is -0.606. The van der Waals surface area contributed by atoms with E-state index in [4.69, 9.17) is 11.5 Å². The summed E-state index contributed by atoms with van der Waals surface area (Å²) in [6.45, 7) is 0.370. The Hall–Kier alpha value is -3.33. The fourth-order valence-electron chi connectivity index (χ4n) is 2.64. The zero-order valence-electron chi connectivity index (χ0n) is 15.0. The van der Waals surface area contributed by atoms with Gasteiger partial charge in [-0.15, -0.1) is 11.3 Å². The summed E-state index contributed by atoms with van der Waals surface area (Å²) in [6, 6.07) is 10.1. The van der Waals surface area contributed by atoms with Crippen LogP contribution in [0.25, 0.3) is 10.2 Å². The Morgan fingerprint density at radius 1 is 1.18 bits per heavy atom. The molecule has 2 aromatic heterocycles. The van der Waals surface area contributed by atoms with Gasteiger partial charge in [-0.3, -0.25) is 19.6 Å². The Labute approximate surface area is 165 Å². The molecule has 3 rings (SSSR count). The van der Waals surface area contributed by atoms with Gasteiger partial charge >= 0.3 is 0 Å². The summed E-state index contributed by atoms with van der Waals surface area (Å²) in [4.78, 5) is 37.8. The normalized spacial score (nSPS) is 11.7. The lowest BCUT2D eigenvalue weighted by atomic mass is 10.1. The number of aromatic nitrogens is 2. The van der Waals surface area contributed by atoms with Crippen LogP contribution in [0.2, 0.25) is 0 Å². The number of carbonyl (C=O) groups is 2. The van der Waals surface area contributed by atoms with Crippen molar-refractivity contribution in [2.45, 2.75) is 18.9 Å². The van der Waals surface area contributed by atoms with E-state index in [9.17, 15) is 9.59 Å². The average molecular weight is 396 g/mol. The molecule has 0 saturated carbocycles. The van der Waals surface area contributed by atoms with E-state index in [-0.39, 0.29) is 17.6 Å². The number of nitrogens with one attached hydrogen (secondary N) is 1. The molecule has 5 N–H and O–H groups in total. The maximum absolute atomic E-state index is 13.0. The minimum absolute atomic E-state index is 0.00607. The van der Waals surface area contributed by atoms with Crippen molar-refractivity contribution < 1.29 is 9.59 Å². The highest BCUT2D eigenvalue weighted by Crippen LogP contribution is 2.23. The Kier molecular flexibility index (Phi) is 6.28. The van der Waals surface area contributed by atoms with Crippen LogP contribution >= 0.6 is 11.3 Å². The van der Waals surface area contributed by atoms with E-state index in [1.54, 1.807) is 18.3 Å². The van der Waals surface area contributed by atoms with E-state index >= 15 is 0 Å². The van der Waals surface area contributed by atoms with E-state index in [0.29, 0.717) is 30.0 Å². The van der Waals surface area contributed by atoms with Gasteiger partial charge in [0.15, 0.2) is 11.0 Å². The summed E-state index contributed by atoms with van der Waals surface area (Å²) < 4.78 is 0.920. The standard InChI is InChI=1S/C19H20N6O2S/c20-19(21)23-10-4-7-14(24-17(27)12-5-3-9-22-11-12)16(26)18-25-13-6-1-2-8-15(13)28-18/h1-3,5-6,8-9,11,14H,4,7,10H2,(H,24,27)(H4,20,21,23). The SMILES string of the molecule is NC(N)=NCCCC(NC(=O)c1cccnc1)C(=O)c1nc2ccccc2s1. The fraction of sp³-hybridized carbons (Fsp3) is 0.211. The van der Waals surface area contributed by atoms with E-state index < -0.39 is 6.04 Å². The van der Waals surface area contributed by atoms with Crippen LogP contribution in [0.15, 0.2) is 53.8 Å². The monoisotopic (exact) mass is 396 g/mol. The number of thiazole rings is 1. The topological polar surface area (TPSA) is 136 Å². The van der Waals surface area contributed by atoms with Crippen molar-refractivity contribution in [2.24, 2.45) is 16.5 Å².